The van der Waals surface area contributed by atoms with Crippen molar-refractivity contribution in [2.75, 3.05) is 6.61 Å². The van der Waals surface area contributed by atoms with E-state index in [9.17, 15) is 0 Å². The molecule has 0 unspecified atom stereocenters. The van der Waals surface area contributed by atoms with Crippen LogP contribution in [-0.2, 0) is 12.8 Å². The zero-order chi connectivity index (χ0) is 16.0. The van der Waals surface area contributed by atoms with Crippen molar-refractivity contribution in [1.29, 1.82) is 0 Å². The number of hydrogen-bond acceptors (Lipinski definition) is 3. The average Bonchev–Trinajstić information content (AvgIpc) is 2.73. The Labute approximate surface area is 133 Å². The molecule has 2 aliphatic rings. The molecule has 0 spiro atoms. The topological polar surface area (TPSA) is 30.8 Å². The van der Waals surface area contributed by atoms with E-state index < -0.39 is 0 Å². The van der Waals surface area contributed by atoms with E-state index >= 15 is 0 Å². The van der Waals surface area contributed by atoms with Gasteiger partial charge in [0.15, 0.2) is 11.5 Å². The predicted octanol–water partition coefficient (Wildman–Crippen LogP) is 4.33. The summed E-state index contributed by atoms with van der Waals surface area (Å²) in [4.78, 5) is 4.71. The molecule has 0 atom stereocenters. The van der Waals surface area contributed by atoms with Crippen LogP contribution in [-0.4, -0.2) is 24.0 Å². The van der Waals surface area contributed by atoms with Gasteiger partial charge in [0, 0.05) is 23.8 Å². The Kier molecular flexibility index (Phi) is 3.70. The molecule has 3 rings (SSSR count). The molecule has 0 saturated carbocycles. The van der Waals surface area contributed by atoms with Gasteiger partial charge in [0.05, 0.1) is 12.1 Å². The van der Waals surface area contributed by atoms with Crippen molar-refractivity contribution >= 4 is 6.21 Å². The van der Waals surface area contributed by atoms with E-state index in [1.807, 2.05) is 6.21 Å². The van der Waals surface area contributed by atoms with Crippen LogP contribution >= 0.6 is 0 Å². The zero-order valence-electron chi connectivity index (χ0n) is 14.5. The Bertz CT molecular complexity index is 614. The van der Waals surface area contributed by atoms with Gasteiger partial charge in [0.1, 0.15) is 5.60 Å². The Morgan fingerprint density at radius 1 is 1.23 bits per heavy atom. The third kappa shape index (κ3) is 2.86. The second-order valence-electron chi connectivity index (χ2n) is 7.74. The van der Waals surface area contributed by atoms with Gasteiger partial charge in [-0.05, 0) is 52.2 Å². The minimum absolute atomic E-state index is 0.0308. The summed E-state index contributed by atoms with van der Waals surface area (Å²) in [5.41, 5.74) is 3.67. The van der Waals surface area contributed by atoms with Crippen LogP contribution in [0.3, 0.4) is 0 Å². The molecule has 0 N–H and O–H groups in total. The Morgan fingerprint density at radius 2 is 2.00 bits per heavy atom. The minimum atomic E-state index is -0.166. The summed E-state index contributed by atoms with van der Waals surface area (Å²) in [6, 6.07) is 2.18. The predicted molar refractivity (Wildman–Crippen MR) is 90.6 cm³/mol. The van der Waals surface area contributed by atoms with Crippen molar-refractivity contribution in [1.82, 2.24) is 0 Å². The van der Waals surface area contributed by atoms with Gasteiger partial charge in [-0.1, -0.05) is 13.3 Å². The Morgan fingerprint density at radius 3 is 2.73 bits per heavy atom. The lowest BCUT2D eigenvalue weighted by atomic mass is 9.85. The van der Waals surface area contributed by atoms with E-state index in [-0.39, 0.29) is 11.1 Å². The van der Waals surface area contributed by atoms with Crippen LogP contribution in [0.5, 0.6) is 11.5 Å². The zero-order valence-corrected chi connectivity index (χ0v) is 14.5. The van der Waals surface area contributed by atoms with Crippen molar-refractivity contribution in [2.24, 2.45) is 4.99 Å². The fraction of sp³-hybridized carbons (Fsp3) is 0.632. The summed E-state index contributed by atoms with van der Waals surface area (Å²) in [7, 11) is 0. The molecule has 0 radical (unpaired) electrons. The molecule has 3 nitrogen and oxygen atoms in total. The van der Waals surface area contributed by atoms with Crippen LogP contribution < -0.4 is 9.47 Å². The van der Waals surface area contributed by atoms with E-state index in [1.54, 1.807) is 0 Å². The van der Waals surface area contributed by atoms with Crippen LogP contribution in [0, 0.1) is 0 Å². The number of hydrogen-bond donors (Lipinski definition) is 0. The van der Waals surface area contributed by atoms with Gasteiger partial charge in [-0.15, -0.1) is 0 Å². The fourth-order valence-corrected chi connectivity index (χ4v) is 3.28. The molecule has 0 aliphatic carbocycles. The molecule has 2 heterocycles. The first-order valence-corrected chi connectivity index (χ1v) is 8.37. The normalized spacial score (nSPS) is 20.2. The summed E-state index contributed by atoms with van der Waals surface area (Å²) < 4.78 is 12.2. The summed E-state index contributed by atoms with van der Waals surface area (Å²) >= 11 is 0. The van der Waals surface area contributed by atoms with E-state index in [2.05, 4.69) is 40.7 Å². The van der Waals surface area contributed by atoms with Gasteiger partial charge in [-0.3, -0.25) is 4.99 Å². The van der Waals surface area contributed by atoms with Crippen LogP contribution in [0.15, 0.2) is 11.1 Å². The molecule has 22 heavy (non-hydrogen) atoms. The van der Waals surface area contributed by atoms with Gasteiger partial charge in [0.2, 0.25) is 0 Å². The standard InChI is InChI=1S/C19H27NO2/c1-6-7-8-21-16-9-13-10-18(2,3)20-12-15(13)14-11-19(4,5)22-17(14)16/h9,12H,6-8,10-11H2,1-5H3. The molecule has 0 bridgehead atoms. The highest BCUT2D eigenvalue weighted by Gasteiger charge is 2.37. The van der Waals surface area contributed by atoms with Crippen LogP contribution in [0.4, 0.5) is 0 Å². The molecule has 120 valence electrons. The summed E-state index contributed by atoms with van der Waals surface area (Å²) in [5.74, 6) is 1.85. The van der Waals surface area contributed by atoms with Crippen molar-refractivity contribution < 1.29 is 9.47 Å². The number of unbranched alkanes of at least 4 members (excludes halogenated alkanes) is 1. The fourth-order valence-electron chi connectivity index (χ4n) is 3.28. The lowest BCUT2D eigenvalue weighted by Gasteiger charge is -2.27. The van der Waals surface area contributed by atoms with E-state index in [4.69, 9.17) is 14.5 Å². The maximum Gasteiger partial charge on any atom is 0.166 e. The third-order valence-corrected chi connectivity index (χ3v) is 4.38. The molecule has 0 aromatic heterocycles. The molecule has 1 aromatic rings. The van der Waals surface area contributed by atoms with E-state index in [1.165, 1.54) is 16.7 Å². The number of benzene rings is 1. The van der Waals surface area contributed by atoms with Crippen molar-refractivity contribution in [3.05, 3.63) is 22.8 Å². The molecule has 0 fully saturated rings. The van der Waals surface area contributed by atoms with Gasteiger partial charge >= 0.3 is 0 Å². The Balaban J connectivity index is 2.03. The summed E-state index contributed by atoms with van der Waals surface area (Å²) in [6.45, 7) is 11.6. The first-order valence-electron chi connectivity index (χ1n) is 8.37. The highest BCUT2D eigenvalue weighted by atomic mass is 16.5. The maximum atomic E-state index is 6.19. The number of ether oxygens (including phenoxy) is 2. The summed E-state index contributed by atoms with van der Waals surface area (Å²) in [6.07, 6.45) is 6.12. The smallest absolute Gasteiger partial charge is 0.166 e. The molecule has 0 amide bonds. The summed E-state index contributed by atoms with van der Waals surface area (Å²) in [5, 5.41) is 0. The Hall–Kier alpha value is -1.51. The second-order valence-corrected chi connectivity index (χ2v) is 7.74. The molecule has 2 aliphatic heterocycles. The molecule has 3 heteroatoms. The number of nitrogens with zero attached hydrogens (tertiary/aromatic N) is 1. The lowest BCUT2D eigenvalue weighted by molar-refractivity contribution is 0.132. The number of fused-ring (bicyclic) bond motifs is 3. The van der Waals surface area contributed by atoms with E-state index in [0.717, 1.165) is 43.8 Å². The SMILES string of the molecule is CCCCOc1cc2c(c3c1OC(C)(C)C3)C=NC(C)(C)C2. The van der Waals surface area contributed by atoms with Gasteiger partial charge in [0.25, 0.3) is 0 Å². The molecule has 1 aromatic carbocycles. The van der Waals surface area contributed by atoms with Gasteiger partial charge in [-0.2, -0.15) is 0 Å². The number of rotatable bonds is 4. The maximum absolute atomic E-state index is 6.19. The highest BCUT2D eigenvalue weighted by molar-refractivity contribution is 5.88. The molecule has 0 saturated heterocycles. The van der Waals surface area contributed by atoms with E-state index in [0.29, 0.717) is 0 Å². The van der Waals surface area contributed by atoms with Crippen molar-refractivity contribution in [2.45, 2.75) is 71.4 Å². The van der Waals surface area contributed by atoms with Crippen LogP contribution in [0.1, 0.15) is 64.2 Å². The van der Waals surface area contributed by atoms with Crippen molar-refractivity contribution in [3.8, 4) is 11.5 Å². The monoisotopic (exact) mass is 301 g/mol. The average molecular weight is 301 g/mol. The number of aliphatic imine (C=N–C) groups is 1. The van der Waals surface area contributed by atoms with Gasteiger partial charge in [-0.25, -0.2) is 0 Å². The van der Waals surface area contributed by atoms with Crippen LogP contribution in [0.25, 0.3) is 0 Å². The van der Waals surface area contributed by atoms with Gasteiger partial charge < -0.3 is 9.47 Å². The highest BCUT2D eigenvalue weighted by Crippen LogP contribution is 2.46. The third-order valence-electron chi connectivity index (χ3n) is 4.38. The van der Waals surface area contributed by atoms with Crippen LogP contribution in [0.2, 0.25) is 0 Å². The minimum Gasteiger partial charge on any atom is -0.490 e. The molecular formula is C19H27NO2. The first-order chi connectivity index (χ1) is 10.3. The second kappa shape index (κ2) is 5.29. The molecular weight excluding hydrogens is 274 g/mol. The first kappa shape index (κ1) is 15.4. The largest absolute Gasteiger partial charge is 0.490 e. The quantitative estimate of drug-likeness (QED) is 0.775. The van der Waals surface area contributed by atoms with Crippen molar-refractivity contribution in [3.63, 3.8) is 0 Å². The lowest BCUT2D eigenvalue weighted by Crippen LogP contribution is -2.26.